The molecular weight excluding hydrogens is 294 g/mol. The van der Waals surface area contributed by atoms with Crippen LogP contribution in [-0.4, -0.2) is 50.2 Å². The van der Waals surface area contributed by atoms with Crippen molar-refractivity contribution >= 4 is 12.0 Å². The Hall–Kier alpha value is -2.34. The van der Waals surface area contributed by atoms with Gasteiger partial charge in [0, 0.05) is 18.8 Å². The molecule has 0 spiro atoms. The maximum atomic E-state index is 12.0. The van der Waals surface area contributed by atoms with E-state index in [1.54, 1.807) is 6.92 Å². The van der Waals surface area contributed by atoms with Gasteiger partial charge >= 0.3 is 12.0 Å². The fourth-order valence-electron chi connectivity index (χ4n) is 2.39. The van der Waals surface area contributed by atoms with Crippen LogP contribution in [0.15, 0.2) is 41.6 Å². The van der Waals surface area contributed by atoms with Gasteiger partial charge in [-0.3, -0.25) is 0 Å². The van der Waals surface area contributed by atoms with Crippen molar-refractivity contribution in [1.82, 2.24) is 15.5 Å². The fraction of sp³-hybridized carbons (Fsp3) is 0.412. The first-order chi connectivity index (χ1) is 11.1. The second kappa shape index (κ2) is 8.33. The minimum absolute atomic E-state index is 0.201. The summed E-state index contributed by atoms with van der Waals surface area (Å²) in [4.78, 5) is 25.6. The van der Waals surface area contributed by atoms with Gasteiger partial charge in [0.15, 0.2) is 0 Å². The maximum Gasteiger partial charge on any atom is 0.337 e. The molecule has 0 fully saturated rings. The Bertz CT molecular complexity index is 584. The van der Waals surface area contributed by atoms with Crippen LogP contribution >= 0.6 is 0 Å². The Morgan fingerprint density at radius 2 is 2.04 bits per heavy atom. The van der Waals surface area contributed by atoms with E-state index in [9.17, 15) is 9.59 Å². The van der Waals surface area contributed by atoms with Gasteiger partial charge in [-0.25, -0.2) is 9.59 Å². The Kier molecular flexibility index (Phi) is 6.17. The van der Waals surface area contributed by atoms with Crippen molar-refractivity contribution in [2.45, 2.75) is 13.3 Å². The molecule has 0 aromatic heterocycles. The molecule has 0 radical (unpaired) electrons. The van der Waals surface area contributed by atoms with E-state index >= 15 is 0 Å². The predicted molar refractivity (Wildman–Crippen MR) is 87.8 cm³/mol. The van der Waals surface area contributed by atoms with E-state index in [0.29, 0.717) is 24.4 Å². The number of ether oxygens (including phenoxy) is 1. The van der Waals surface area contributed by atoms with Crippen LogP contribution in [0.5, 0.6) is 0 Å². The van der Waals surface area contributed by atoms with Gasteiger partial charge in [-0.15, -0.1) is 0 Å². The highest BCUT2D eigenvalue weighted by Crippen LogP contribution is 2.10. The van der Waals surface area contributed by atoms with E-state index < -0.39 is 0 Å². The lowest BCUT2D eigenvalue weighted by Gasteiger charge is -2.25. The highest BCUT2D eigenvalue weighted by atomic mass is 16.5. The van der Waals surface area contributed by atoms with Crippen molar-refractivity contribution in [3.63, 3.8) is 0 Å². The SMILES string of the molecule is CCOC(=O)C1=C(CN(C)CCc2ccccc2)NC(=O)NC1. The molecule has 0 saturated heterocycles. The maximum absolute atomic E-state index is 12.0. The number of nitrogens with one attached hydrogen (secondary N) is 2. The third-order valence-electron chi connectivity index (χ3n) is 3.63. The van der Waals surface area contributed by atoms with Crippen molar-refractivity contribution < 1.29 is 14.3 Å². The van der Waals surface area contributed by atoms with E-state index in [2.05, 4.69) is 27.7 Å². The molecule has 6 nitrogen and oxygen atoms in total. The second-order valence-electron chi connectivity index (χ2n) is 5.46. The average molecular weight is 317 g/mol. The van der Waals surface area contributed by atoms with E-state index in [1.165, 1.54) is 5.56 Å². The van der Waals surface area contributed by atoms with Crippen LogP contribution in [0, 0.1) is 0 Å². The minimum Gasteiger partial charge on any atom is -0.463 e. The number of urea groups is 1. The van der Waals surface area contributed by atoms with Crippen LogP contribution < -0.4 is 10.6 Å². The molecule has 0 atom stereocenters. The van der Waals surface area contributed by atoms with Gasteiger partial charge < -0.3 is 20.3 Å². The van der Waals surface area contributed by atoms with Crippen LogP contribution in [0.25, 0.3) is 0 Å². The third kappa shape index (κ3) is 5.10. The summed E-state index contributed by atoms with van der Waals surface area (Å²) < 4.78 is 5.05. The number of likely N-dealkylation sites (N-methyl/N-ethyl adjacent to an activating group) is 1. The van der Waals surface area contributed by atoms with Crippen LogP contribution in [0.1, 0.15) is 12.5 Å². The summed E-state index contributed by atoms with van der Waals surface area (Å²) in [7, 11) is 1.97. The lowest BCUT2D eigenvalue weighted by Crippen LogP contribution is -2.46. The summed E-state index contributed by atoms with van der Waals surface area (Å²) in [6.07, 6.45) is 0.908. The molecule has 2 rings (SSSR count). The van der Waals surface area contributed by atoms with Gasteiger partial charge in [0.1, 0.15) is 0 Å². The largest absolute Gasteiger partial charge is 0.463 e. The minimum atomic E-state index is -0.383. The molecule has 1 aromatic carbocycles. The summed E-state index contributed by atoms with van der Waals surface area (Å²) in [6, 6.07) is 9.92. The normalized spacial score (nSPS) is 14.5. The average Bonchev–Trinajstić information content (AvgIpc) is 2.54. The molecule has 1 heterocycles. The van der Waals surface area contributed by atoms with Crippen LogP contribution in [0.2, 0.25) is 0 Å². The number of carbonyl (C=O) groups excluding carboxylic acids is 2. The summed E-state index contributed by atoms with van der Waals surface area (Å²) in [6.45, 7) is 3.60. The Balaban J connectivity index is 1.98. The zero-order valence-electron chi connectivity index (χ0n) is 13.6. The van der Waals surface area contributed by atoms with Crippen molar-refractivity contribution in [2.75, 3.05) is 33.3 Å². The molecule has 0 unspecified atom stereocenters. The number of carbonyl (C=O) groups is 2. The van der Waals surface area contributed by atoms with Gasteiger partial charge in [0.25, 0.3) is 0 Å². The van der Waals surface area contributed by atoms with E-state index in [4.69, 9.17) is 4.74 Å². The highest BCUT2D eigenvalue weighted by Gasteiger charge is 2.24. The van der Waals surface area contributed by atoms with Gasteiger partial charge in [0.05, 0.1) is 18.7 Å². The quantitative estimate of drug-likeness (QED) is 0.744. The molecule has 1 aliphatic rings. The van der Waals surface area contributed by atoms with Gasteiger partial charge in [-0.1, -0.05) is 30.3 Å². The van der Waals surface area contributed by atoms with Crippen LogP contribution in [-0.2, 0) is 16.0 Å². The first kappa shape index (κ1) is 17.0. The molecule has 23 heavy (non-hydrogen) atoms. The number of hydrogen-bond donors (Lipinski definition) is 2. The van der Waals surface area contributed by atoms with Crippen LogP contribution in [0.3, 0.4) is 0 Å². The van der Waals surface area contributed by atoms with Crippen LogP contribution in [0.4, 0.5) is 4.79 Å². The summed E-state index contributed by atoms with van der Waals surface area (Å²) in [5.41, 5.74) is 2.36. The lowest BCUT2D eigenvalue weighted by atomic mass is 10.1. The highest BCUT2D eigenvalue weighted by molar-refractivity contribution is 5.93. The van der Waals surface area contributed by atoms with Gasteiger partial charge in [0.2, 0.25) is 0 Å². The van der Waals surface area contributed by atoms with Crippen molar-refractivity contribution in [1.29, 1.82) is 0 Å². The predicted octanol–water partition coefficient (Wildman–Crippen LogP) is 1.29. The van der Waals surface area contributed by atoms with Gasteiger partial charge in [-0.2, -0.15) is 0 Å². The summed E-state index contributed by atoms with van der Waals surface area (Å²) in [5, 5.41) is 5.33. The zero-order valence-corrected chi connectivity index (χ0v) is 13.6. The number of amides is 2. The molecular formula is C17H23N3O3. The molecule has 2 N–H and O–H groups in total. The molecule has 1 aromatic rings. The third-order valence-corrected chi connectivity index (χ3v) is 3.63. The summed E-state index contributed by atoms with van der Waals surface area (Å²) >= 11 is 0. The number of hydrogen-bond acceptors (Lipinski definition) is 4. The van der Waals surface area contributed by atoms with Crippen molar-refractivity contribution in [3.05, 3.63) is 47.2 Å². The monoisotopic (exact) mass is 317 g/mol. The lowest BCUT2D eigenvalue weighted by molar-refractivity contribution is -0.138. The van der Waals surface area contributed by atoms with E-state index in [-0.39, 0.29) is 18.5 Å². The van der Waals surface area contributed by atoms with E-state index in [0.717, 1.165) is 13.0 Å². The number of esters is 1. The molecule has 0 aliphatic carbocycles. The smallest absolute Gasteiger partial charge is 0.337 e. The molecule has 0 saturated carbocycles. The Morgan fingerprint density at radius 3 is 2.74 bits per heavy atom. The molecule has 124 valence electrons. The molecule has 1 aliphatic heterocycles. The standard InChI is InChI=1S/C17H23N3O3/c1-3-23-16(21)14-11-18-17(22)19-15(14)12-20(2)10-9-13-7-5-4-6-8-13/h4-8H,3,9-12H2,1-2H3,(H2,18,19,22). The number of nitrogens with zero attached hydrogens (tertiary/aromatic N) is 1. The fourth-order valence-corrected chi connectivity index (χ4v) is 2.39. The molecule has 0 bridgehead atoms. The Morgan fingerprint density at radius 1 is 1.30 bits per heavy atom. The first-order valence-electron chi connectivity index (χ1n) is 7.76. The first-order valence-corrected chi connectivity index (χ1v) is 7.76. The van der Waals surface area contributed by atoms with Crippen molar-refractivity contribution in [3.8, 4) is 0 Å². The van der Waals surface area contributed by atoms with Gasteiger partial charge in [-0.05, 0) is 26.0 Å². The topological polar surface area (TPSA) is 70.7 Å². The number of benzene rings is 1. The summed E-state index contributed by atoms with van der Waals surface area (Å²) in [5.74, 6) is -0.383. The number of rotatable bonds is 7. The van der Waals surface area contributed by atoms with E-state index in [1.807, 2.05) is 25.2 Å². The zero-order chi connectivity index (χ0) is 16.7. The molecule has 2 amide bonds. The second-order valence-corrected chi connectivity index (χ2v) is 5.46. The molecule has 6 heteroatoms. The Labute approximate surface area is 136 Å². The van der Waals surface area contributed by atoms with Crippen molar-refractivity contribution in [2.24, 2.45) is 0 Å².